The van der Waals surface area contributed by atoms with Crippen molar-refractivity contribution in [2.75, 3.05) is 34.8 Å². The fourth-order valence-corrected chi connectivity index (χ4v) is 4.97. The van der Waals surface area contributed by atoms with E-state index in [1.807, 2.05) is 19.1 Å². The Hall–Kier alpha value is -1.37. The molecule has 0 aliphatic heterocycles. The quantitative estimate of drug-likeness (QED) is 0.299. The highest BCUT2D eigenvalue weighted by atomic mass is 127. The van der Waals surface area contributed by atoms with Gasteiger partial charge in [-0.15, -0.1) is 35.3 Å². The molecule has 0 unspecified atom stereocenters. The molecule has 0 aliphatic carbocycles. The van der Waals surface area contributed by atoms with Crippen LogP contribution in [-0.2, 0) is 23.0 Å². The highest BCUT2D eigenvalue weighted by Crippen LogP contribution is 2.23. The molecule has 7 nitrogen and oxygen atoms in total. The van der Waals surface area contributed by atoms with Gasteiger partial charge in [-0.3, -0.25) is 4.99 Å². The molecule has 0 saturated heterocycles. The zero-order valence-electron chi connectivity index (χ0n) is 17.4. The van der Waals surface area contributed by atoms with Gasteiger partial charge >= 0.3 is 0 Å². The number of aliphatic imine (C=N–C) groups is 1. The molecular weight excluding hydrogens is 523 g/mol. The minimum Gasteiger partial charge on any atom is -0.496 e. The SMILES string of the molecule is CN=C(NCCc1ccc(C)c(OC)c1)NCc1ccc(S(=O)(=O)N(C)C)s1.I. The summed E-state index contributed by atoms with van der Waals surface area (Å²) in [5, 5.41) is 6.49. The van der Waals surface area contributed by atoms with Crippen LogP contribution in [0.4, 0.5) is 0 Å². The standard InChI is InChI=1S/C19H28N4O3S2.HI/c1-14-6-7-15(12-17(14)26-5)10-11-21-19(20-2)22-13-16-8-9-18(27-16)28(24,25)23(3)4;/h6-9,12H,10-11,13H2,1-5H3,(H2,20,21,22);1H. The van der Waals surface area contributed by atoms with Gasteiger partial charge in [-0.1, -0.05) is 12.1 Å². The highest BCUT2D eigenvalue weighted by molar-refractivity contribution is 14.0. The van der Waals surface area contributed by atoms with Gasteiger partial charge in [-0.2, -0.15) is 0 Å². The number of nitrogens with one attached hydrogen (secondary N) is 2. The maximum absolute atomic E-state index is 12.2. The third-order valence-electron chi connectivity index (χ3n) is 4.20. The second-order valence-electron chi connectivity index (χ2n) is 6.41. The topological polar surface area (TPSA) is 83.0 Å². The summed E-state index contributed by atoms with van der Waals surface area (Å²) in [6.45, 7) is 3.24. The van der Waals surface area contributed by atoms with Crippen molar-refractivity contribution in [2.24, 2.45) is 4.99 Å². The molecule has 0 aliphatic rings. The Morgan fingerprint density at radius 2 is 1.93 bits per heavy atom. The molecule has 2 rings (SSSR count). The molecule has 0 amide bonds. The molecule has 162 valence electrons. The molecule has 2 N–H and O–H groups in total. The largest absolute Gasteiger partial charge is 0.496 e. The van der Waals surface area contributed by atoms with Crippen LogP contribution in [-0.4, -0.2) is 53.5 Å². The first-order chi connectivity index (χ1) is 13.3. The molecule has 0 spiro atoms. The van der Waals surface area contributed by atoms with Crippen molar-refractivity contribution in [3.63, 3.8) is 0 Å². The minimum absolute atomic E-state index is 0. The number of hydrogen-bond donors (Lipinski definition) is 2. The minimum atomic E-state index is -3.39. The number of methoxy groups -OCH3 is 1. The average molecular weight is 553 g/mol. The summed E-state index contributed by atoms with van der Waals surface area (Å²) < 4.78 is 31.2. The lowest BCUT2D eigenvalue weighted by Gasteiger charge is -2.12. The first-order valence-corrected chi connectivity index (χ1v) is 11.1. The third-order valence-corrected chi connectivity index (χ3v) is 7.57. The van der Waals surface area contributed by atoms with Crippen LogP contribution in [0.15, 0.2) is 39.5 Å². The van der Waals surface area contributed by atoms with E-state index in [9.17, 15) is 8.42 Å². The normalized spacial score (nSPS) is 11.9. The summed E-state index contributed by atoms with van der Waals surface area (Å²) in [6.07, 6.45) is 0.835. The number of halogens is 1. The number of thiophene rings is 1. The summed E-state index contributed by atoms with van der Waals surface area (Å²) in [5.74, 6) is 1.56. The zero-order chi connectivity index (χ0) is 20.7. The summed E-state index contributed by atoms with van der Waals surface area (Å²) in [6, 6.07) is 9.65. The van der Waals surface area contributed by atoms with Crippen LogP contribution in [0.25, 0.3) is 0 Å². The van der Waals surface area contributed by atoms with Gasteiger partial charge in [0, 0.05) is 32.6 Å². The van der Waals surface area contributed by atoms with Gasteiger partial charge in [0.25, 0.3) is 10.0 Å². The summed E-state index contributed by atoms with van der Waals surface area (Å²) in [5.41, 5.74) is 2.30. The molecule has 29 heavy (non-hydrogen) atoms. The van der Waals surface area contributed by atoms with Gasteiger partial charge in [0.05, 0.1) is 13.7 Å². The second-order valence-corrected chi connectivity index (χ2v) is 9.96. The van der Waals surface area contributed by atoms with Gasteiger partial charge in [0.15, 0.2) is 5.96 Å². The lowest BCUT2D eigenvalue weighted by Crippen LogP contribution is -2.37. The molecule has 1 heterocycles. The predicted octanol–water partition coefficient (Wildman–Crippen LogP) is 2.84. The van der Waals surface area contributed by atoms with Crippen molar-refractivity contribution in [2.45, 2.75) is 24.1 Å². The van der Waals surface area contributed by atoms with Crippen molar-refractivity contribution in [3.8, 4) is 5.75 Å². The summed E-state index contributed by atoms with van der Waals surface area (Å²) in [7, 11) is 3.06. The van der Waals surface area contributed by atoms with Crippen LogP contribution < -0.4 is 15.4 Å². The Kier molecular flexibility index (Phi) is 10.4. The van der Waals surface area contributed by atoms with E-state index >= 15 is 0 Å². The van der Waals surface area contributed by atoms with E-state index in [1.54, 1.807) is 20.2 Å². The van der Waals surface area contributed by atoms with E-state index in [4.69, 9.17) is 4.74 Å². The molecule has 10 heteroatoms. The Bertz CT molecular complexity index is 927. The Morgan fingerprint density at radius 3 is 2.55 bits per heavy atom. The summed E-state index contributed by atoms with van der Waals surface area (Å²) >= 11 is 1.26. The predicted molar refractivity (Wildman–Crippen MR) is 130 cm³/mol. The number of hydrogen-bond acceptors (Lipinski definition) is 5. The van der Waals surface area contributed by atoms with E-state index in [-0.39, 0.29) is 24.0 Å². The van der Waals surface area contributed by atoms with Crippen molar-refractivity contribution in [1.29, 1.82) is 0 Å². The van der Waals surface area contributed by atoms with E-state index in [1.165, 1.54) is 35.3 Å². The third kappa shape index (κ3) is 7.12. The van der Waals surface area contributed by atoms with Crippen molar-refractivity contribution in [1.82, 2.24) is 14.9 Å². The van der Waals surface area contributed by atoms with Crippen molar-refractivity contribution >= 4 is 51.3 Å². The van der Waals surface area contributed by atoms with Crippen LogP contribution >= 0.6 is 35.3 Å². The molecule has 1 aromatic carbocycles. The number of sulfonamides is 1. The number of benzene rings is 1. The lowest BCUT2D eigenvalue weighted by atomic mass is 10.1. The molecule has 0 radical (unpaired) electrons. The molecule has 1 aromatic heterocycles. The van der Waals surface area contributed by atoms with Gasteiger partial charge in [-0.05, 0) is 42.7 Å². The zero-order valence-corrected chi connectivity index (χ0v) is 21.3. The number of rotatable bonds is 8. The first kappa shape index (κ1) is 25.7. The molecule has 0 atom stereocenters. The van der Waals surface area contributed by atoms with Crippen molar-refractivity contribution in [3.05, 3.63) is 46.3 Å². The van der Waals surface area contributed by atoms with Crippen LogP contribution in [0.1, 0.15) is 16.0 Å². The maximum atomic E-state index is 12.2. The number of ether oxygens (including phenoxy) is 1. The maximum Gasteiger partial charge on any atom is 0.252 e. The van der Waals surface area contributed by atoms with Gasteiger partial charge < -0.3 is 15.4 Å². The summed E-state index contributed by atoms with van der Waals surface area (Å²) in [4.78, 5) is 5.14. The number of aryl methyl sites for hydroxylation is 1. The fraction of sp³-hybridized carbons (Fsp3) is 0.421. The smallest absolute Gasteiger partial charge is 0.252 e. The van der Waals surface area contributed by atoms with E-state index in [2.05, 4.69) is 27.8 Å². The molecule has 0 bridgehead atoms. The van der Waals surface area contributed by atoms with Crippen LogP contribution in [0.2, 0.25) is 0 Å². The number of guanidine groups is 1. The molecule has 0 saturated carbocycles. The highest BCUT2D eigenvalue weighted by Gasteiger charge is 2.19. The Morgan fingerprint density at radius 1 is 1.21 bits per heavy atom. The molecule has 2 aromatic rings. The number of nitrogens with zero attached hydrogens (tertiary/aromatic N) is 2. The Labute approximate surface area is 194 Å². The molecular formula is C19H29IN4O3S2. The van der Waals surface area contributed by atoms with E-state index < -0.39 is 10.0 Å². The van der Waals surface area contributed by atoms with Crippen molar-refractivity contribution < 1.29 is 13.2 Å². The average Bonchev–Trinajstić information content (AvgIpc) is 3.15. The van der Waals surface area contributed by atoms with Gasteiger partial charge in [0.2, 0.25) is 0 Å². The Balaban J connectivity index is 0.00000420. The van der Waals surface area contributed by atoms with E-state index in [0.29, 0.717) is 16.7 Å². The van der Waals surface area contributed by atoms with Crippen LogP contribution in [0.5, 0.6) is 5.75 Å². The van der Waals surface area contributed by atoms with E-state index in [0.717, 1.165) is 29.2 Å². The fourth-order valence-electron chi connectivity index (χ4n) is 2.51. The monoisotopic (exact) mass is 552 g/mol. The van der Waals surface area contributed by atoms with Gasteiger partial charge in [0.1, 0.15) is 9.96 Å². The lowest BCUT2D eigenvalue weighted by molar-refractivity contribution is 0.411. The second kappa shape index (κ2) is 11.7. The molecule has 0 fully saturated rings. The van der Waals surface area contributed by atoms with Crippen LogP contribution in [0.3, 0.4) is 0 Å². The van der Waals surface area contributed by atoms with Gasteiger partial charge in [-0.25, -0.2) is 12.7 Å². The van der Waals surface area contributed by atoms with Crippen LogP contribution in [0, 0.1) is 6.92 Å². The first-order valence-electron chi connectivity index (χ1n) is 8.87.